The smallest absolute Gasteiger partial charge is 0.216 e. The molecule has 0 saturated heterocycles. The molecule has 4 nitrogen and oxygen atoms in total. The van der Waals surface area contributed by atoms with E-state index in [0.717, 1.165) is 5.69 Å². The van der Waals surface area contributed by atoms with Crippen molar-refractivity contribution in [1.82, 2.24) is 10.6 Å². The summed E-state index contributed by atoms with van der Waals surface area (Å²) in [6.45, 7) is 6.99. The predicted molar refractivity (Wildman–Crippen MR) is 83.4 cm³/mol. The van der Waals surface area contributed by atoms with Gasteiger partial charge in [0.05, 0.1) is 0 Å². The summed E-state index contributed by atoms with van der Waals surface area (Å²) in [5, 5.41) is 9.39. The highest BCUT2D eigenvalue weighted by Crippen LogP contribution is 2.16. The number of rotatable bonds is 5. The maximum atomic E-state index is 10.7. The van der Waals surface area contributed by atoms with Gasteiger partial charge in [0, 0.05) is 25.7 Å². The first-order valence-electron chi connectivity index (χ1n) is 6.38. The van der Waals surface area contributed by atoms with E-state index in [1.54, 1.807) is 0 Å². The third kappa shape index (κ3) is 6.20. The first-order chi connectivity index (χ1) is 8.99. The molecule has 19 heavy (non-hydrogen) atoms. The second-order valence-electron chi connectivity index (χ2n) is 4.64. The van der Waals surface area contributed by atoms with Crippen molar-refractivity contribution in [2.24, 2.45) is 0 Å². The van der Waals surface area contributed by atoms with E-state index in [1.807, 2.05) is 12.1 Å². The molecule has 0 saturated carbocycles. The highest BCUT2D eigenvalue weighted by atomic mass is 32.1. The molecule has 0 radical (unpaired) electrons. The number of amides is 1. The van der Waals surface area contributed by atoms with Crippen LogP contribution in [0.25, 0.3) is 0 Å². The van der Waals surface area contributed by atoms with E-state index >= 15 is 0 Å². The van der Waals surface area contributed by atoms with Crippen molar-refractivity contribution < 1.29 is 4.79 Å². The van der Waals surface area contributed by atoms with Gasteiger partial charge in [0.2, 0.25) is 5.91 Å². The minimum atomic E-state index is -0.0371. The largest absolute Gasteiger partial charge is 0.361 e. The quantitative estimate of drug-likeness (QED) is 0.571. The Balaban J connectivity index is 2.33. The molecule has 0 bridgehead atoms. The van der Waals surface area contributed by atoms with Crippen molar-refractivity contribution in [3.8, 4) is 0 Å². The Bertz CT molecular complexity index is 429. The molecule has 1 aromatic carbocycles. The van der Waals surface area contributed by atoms with E-state index in [9.17, 15) is 4.79 Å². The average molecular weight is 279 g/mol. The van der Waals surface area contributed by atoms with Crippen molar-refractivity contribution in [2.75, 3.05) is 18.4 Å². The number of carbonyl (C=O) groups excluding carboxylic acids is 1. The summed E-state index contributed by atoms with van der Waals surface area (Å²) in [6, 6.07) is 8.20. The van der Waals surface area contributed by atoms with Crippen molar-refractivity contribution in [3.63, 3.8) is 0 Å². The Labute approximate surface area is 120 Å². The number of hydrogen-bond acceptors (Lipinski definition) is 2. The van der Waals surface area contributed by atoms with Crippen LogP contribution in [0.2, 0.25) is 0 Å². The van der Waals surface area contributed by atoms with Gasteiger partial charge in [-0.3, -0.25) is 4.79 Å². The van der Waals surface area contributed by atoms with Gasteiger partial charge in [-0.05, 0) is 35.8 Å². The molecule has 0 atom stereocenters. The van der Waals surface area contributed by atoms with Crippen LogP contribution >= 0.6 is 12.2 Å². The van der Waals surface area contributed by atoms with Crippen LogP contribution in [0.4, 0.5) is 5.69 Å². The minimum absolute atomic E-state index is 0.0371. The van der Waals surface area contributed by atoms with Crippen LogP contribution in [-0.2, 0) is 4.79 Å². The molecule has 1 rings (SSSR count). The number of carbonyl (C=O) groups is 1. The lowest BCUT2D eigenvalue weighted by Gasteiger charge is -2.12. The summed E-state index contributed by atoms with van der Waals surface area (Å²) in [4.78, 5) is 10.7. The first-order valence-corrected chi connectivity index (χ1v) is 6.79. The summed E-state index contributed by atoms with van der Waals surface area (Å²) in [7, 11) is 0. The number of thiocarbonyl (C=S) groups is 1. The van der Waals surface area contributed by atoms with Gasteiger partial charge in [0.1, 0.15) is 0 Å². The molecule has 104 valence electrons. The molecule has 0 aromatic heterocycles. The molecule has 3 N–H and O–H groups in total. The molecule has 1 amide bonds. The molecular formula is C14H21N3OS. The molecule has 0 aliphatic heterocycles. The van der Waals surface area contributed by atoms with Gasteiger partial charge in [-0.2, -0.15) is 0 Å². The molecule has 0 aliphatic rings. The number of nitrogens with one attached hydrogen (secondary N) is 3. The van der Waals surface area contributed by atoms with E-state index in [2.05, 4.69) is 41.9 Å². The lowest BCUT2D eigenvalue weighted by atomic mass is 10.0. The van der Waals surface area contributed by atoms with Crippen LogP contribution < -0.4 is 16.0 Å². The fourth-order valence-corrected chi connectivity index (χ4v) is 1.76. The van der Waals surface area contributed by atoms with Crippen molar-refractivity contribution >= 4 is 28.9 Å². The Morgan fingerprint density at radius 3 is 2.26 bits per heavy atom. The zero-order valence-corrected chi connectivity index (χ0v) is 12.4. The normalized spacial score (nSPS) is 10.1. The fourth-order valence-electron chi connectivity index (χ4n) is 1.54. The van der Waals surface area contributed by atoms with E-state index in [-0.39, 0.29) is 5.91 Å². The average Bonchev–Trinajstić information content (AvgIpc) is 2.35. The van der Waals surface area contributed by atoms with E-state index in [0.29, 0.717) is 24.1 Å². The minimum Gasteiger partial charge on any atom is -0.361 e. The molecule has 0 unspecified atom stereocenters. The number of anilines is 1. The molecule has 0 heterocycles. The Hall–Kier alpha value is -1.62. The van der Waals surface area contributed by atoms with Crippen LogP contribution in [0.3, 0.4) is 0 Å². The van der Waals surface area contributed by atoms with Gasteiger partial charge >= 0.3 is 0 Å². The van der Waals surface area contributed by atoms with Crippen LogP contribution in [0, 0.1) is 0 Å². The zero-order valence-electron chi connectivity index (χ0n) is 11.6. The van der Waals surface area contributed by atoms with Crippen molar-refractivity contribution in [1.29, 1.82) is 0 Å². The van der Waals surface area contributed by atoms with Crippen LogP contribution in [0.5, 0.6) is 0 Å². The van der Waals surface area contributed by atoms with Gasteiger partial charge in [-0.15, -0.1) is 0 Å². The van der Waals surface area contributed by atoms with E-state index < -0.39 is 0 Å². The lowest BCUT2D eigenvalue weighted by molar-refractivity contribution is -0.118. The predicted octanol–water partition coefficient (Wildman–Crippen LogP) is 2.23. The maximum absolute atomic E-state index is 10.7. The third-order valence-corrected chi connectivity index (χ3v) is 2.87. The molecule has 0 spiro atoms. The van der Waals surface area contributed by atoms with Gasteiger partial charge in [0.25, 0.3) is 0 Å². The van der Waals surface area contributed by atoms with Gasteiger partial charge in [-0.1, -0.05) is 26.0 Å². The van der Waals surface area contributed by atoms with E-state index in [4.69, 9.17) is 12.2 Å². The molecule has 0 fully saturated rings. The summed E-state index contributed by atoms with van der Waals surface area (Å²) >= 11 is 5.16. The number of benzene rings is 1. The Morgan fingerprint density at radius 1 is 1.16 bits per heavy atom. The van der Waals surface area contributed by atoms with E-state index in [1.165, 1.54) is 12.5 Å². The first kappa shape index (κ1) is 15.4. The van der Waals surface area contributed by atoms with Crippen molar-refractivity contribution in [2.45, 2.75) is 26.7 Å². The molecule has 5 heteroatoms. The SMILES string of the molecule is CC(=O)NCCNC(=S)Nc1ccc(C(C)C)cc1. The van der Waals surface area contributed by atoms with Gasteiger partial charge in [0.15, 0.2) is 5.11 Å². The van der Waals surface area contributed by atoms with Crippen LogP contribution in [0.1, 0.15) is 32.3 Å². The van der Waals surface area contributed by atoms with Gasteiger partial charge < -0.3 is 16.0 Å². The van der Waals surface area contributed by atoms with Crippen LogP contribution in [-0.4, -0.2) is 24.1 Å². The summed E-state index contributed by atoms with van der Waals surface area (Å²) in [6.07, 6.45) is 0. The molecule has 0 aliphatic carbocycles. The maximum Gasteiger partial charge on any atom is 0.216 e. The Morgan fingerprint density at radius 2 is 1.74 bits per heavy atom. The lowest BCUT2D eigenvalue weighted by Crippen LogP contribution is -2.35. The molecular weight excluding hydrogens is 258 g/mol. The highest BCUT2D eigenvalue weighted by molar-refractivity contribution is 7.80. The highest BCUT2D eigenvalue weighted by Gasteiger charge is 2.00. The number of hydrogen-bond donors (Lipinski definition) is 3. The topological polar surface area (TPSA) is 53.2 Å². The third-order valence-electron chi connectivity index (χ3n) is 2.62. The second kappa shape index (κ2) is 7.74. The monoisotopic (exact) mass is 279 g/mol. The summed E-state index contributed by atoms with van der Waals surface area (Å²) < 4.78 is 0. The van der Waals surface area contributed by atoms with Crippen molar-refractivity contribution in [3.05, 3.63) is 29.8 Å². The standard InChI is InChI=1S/C14H21N3OS/c1-10(2)12-4-6-13(7-5-12)17-14(19)16-9-8-15-11(3)18/h4-7,10H,8-9H2,1-3H3,(H,15,18)(H2,16,17,19). The summed E-state index contributed by atoms with van der Waals surface area (Å²) in [5.41, 5.74) is 2.26. The fraction of sp³-hybridized carbons (Fsp3) is 0.429. The summed E-state index contributed by atoms with van der Waals surface area (Å²) in [5.74, 6) is 0.488. The van der Waals surface area contributed by atoms with Gasteiger partial charge in [-0.25, -0.2) is 0 Å². The second-order valence-corrected chi connectivity index (χ2v) is 5.05. The molecule has 1 aromatic rings. The Kier molecular flexibility index (Phi) is 6.29. The van der Waals surface area contributed by atoms with Crippen LogP contribution in [0.15, 0.2) is 24.3 Å². The zero-order chi connectivity index (χ0) is 14.3.